The number of methoxy groups -OCH3 is 1. The second-order valence-corrected chi connectivity index (χ2v) is 5.04. The predicted octanol–water partition coefficient (Wildman–Crippen LogP) is 2.42. The monoisotopic (exact) mass is 336 g/mol. The maximum Gasteiger partial charge on any atom is 0.330 e. The Balaban J connectivity index is 2.10. The maximum atomic E-state index is 11.2. The molecule has 0 aliphatic heterocycles. The standard InChI is InChI=1S/C18H24O6/c1-3-18(20)24-17(13-21-2)14-22-10-4-5-11-23-16-8-6-15(12-19)7-9-16/h3,6-9,12,17H,1,4-5,10-11,13-14H2,2H3. The molecule has 6 nitrogen and oxygen atoms in total. The molecule has 0 aliphatic rings. The molecule has 0 radical (unpaired) electrons. The van der Waals surface area contributed by atoms with Crippen LogP contribution in [0.2, 0.25) is 0 Å². The molecule has 0 saturated carbocycles. The van der Waals surface area contributed by atoms with Gasteiger partial charge in [0, 0.05) is 25.4 Å². The van der Waals surface area contributed by atoms with Crippen LogP contribution in [0.4, 0.5) is 0 Å². The number of esters is 1. The van der Waals surface area contributed by atoms with Crippen LogP contribution in [0, 0.1) is 0 Å². The van der Waals surface area contributed by atoms with Gasteiger partial charge in [-0.3, -0.25) is 4.79 Å². The van der Waals surface area contributed by atoms with Crippen LogP contribution in [0.25, 0.3) is 0 Å². The van der Waals surface area contributed by atoms with Crippen molar-refractivity contribution in [1.29, 1.82) is 0 Å². The second-order valence-electron chi connectivity index (χ2n) is 5.04. The highest BCUT2D eigenvalue weighted by Gasteiger charge is 2.12. The predicted molar refractivity (Wildman–Crippen MR) is 89.3 cm³/mol. The van der Waals surface area contributed by atoms with E-state index in [0.717, 1.165) is 31.0 Å². The number of hydrogen-bond acceptors (Lipinski definition) is 6. The van der Waals surface area contributed by atoms with E-state index in [-0.39, 0.29) is 13.2 Å². The number of benzene rings is 1. The fourth-order valence-electron chi connectivity index (χ4n) is 1.87. The lowest BCUT2D eigenvalue weighted by atomic mass is 10.2. The molecule has 0 N–H and O–H groups in total. The number of unbranched alkanes of at least 4 members (excludes halogenated alkanes) is 1. The number of carbonyl (C=O) groups is 2. The van der Waals surface area contributed by atoms with Gasteiger partial charge < -0.3 is 18.9 Å². The van der Waals surface area contributed by atoms with Gasteiger partial charge in [0.15, 0.2) is 0 Å². The highest BCUT2D eigenvalue weighted by atomic mass is 16.6. The van der Waals surface area contributed by atoms with Crippen LogP contribution in [0.3, 0.4) is 0 Å². The van der Waals surface area contributed by atoms with E-state index >= 15 is 0 Å². The lowest BCUT2D eigenvalue weighted by Gasteiger charge is -2.16. The van der Waals surface area contributed by atoms with Crippen LogP contribution >= 0.6 is 0 Å². The summed E-state index contributed by atoms with van der Waals surface area (Å²) < 4.78 is 21.1. The summed E-state index contributed by atoms with van der Waals surface area (Å²) in [6.07, 6.45) is 3.12. The molecular weight excluding hydrogens is 312 g/mol. The molecular formula is C18H24O6. The molecule has 0 bridgehead atoms. The van der Waals surface area contributed by atoms with Crippen molar-refractivity contribution in [2.24, 2.45) is 0 Å². The SMILES string of the molecule is C=CC(=O)OC(COC)COCCCCOc1ccc(C=O)cc1. The second kappa shape index (κ2) is 12.3. The Kier molecular flexibility index (Phi) is 10.2. The number of rotatable bonds is 13. The maximum absolute atomic E-state index is 11.2. The minimum absolute atomic E-state index is 0.277. The fourth-order valence-corrected chi connectivity index (χ4v) is 1.87. The van der Waals surface area contributed by atoms with Gasteiger partial charge in [-0.15, -0.1) is 0 Å². The van der Waals surface area contributed by atoms with Crippen LogP contribution < -0.4 is 4.74 Å². The van der Waals surface area contributed by atoms with Crippen LogP contribution in [0.1, 0.15) is 23.2 Å². The van der Waals surface area contributed by atoms with Gasteiger partial charge in [-0.1, -0.05) is 6.58 Å². The first kappa shape index (κ1) is 19.9. The highest BCUT2D eigenvalue weighted by Crippen LogP contribution is 2.11. The van der Waals surface area contributed by atoms with Gasteiger partial charge in [-0.05, 0) is 37.1 Å². The van der Waals surface area contributed by atoms with E-state index in [9.17, 15) is 9.59 Å². The van der Waals surface area contributed by atoms with Gasteiger partial charge in [-0.25, -0.2) is 4.79 Å². The smallest absolute Gasteiger partial charge is 0.330 e. The van der Waals surface area contributed by atoms with E-state index in [0.29, 0.717) is 18.8 Å². The fraction of sp³-hybridized carbons (Fsp3) is 0.444. The number of carbonyl (C=O) groups excluding carboxylic acids is 2. The van der Waals surface area contributed by atoms with E-state index in [1.807, 2.05) is 0 Å². The van der Waals surface area contributed by atoms with Crippen molar-refractivity contribution < 1.29 is 28.5 Å². The Morgan fingerprint density at radius 3 is 2.50 bits per heavy atom. The van der Waals surface area contributed by atoms with E-state index in [1.165, 1.54) is 7.11 Å². The molecule has 0 spiro atoms. The van der Waals surface area contributed by atoms with Crippen molar-refractivity contribution >= 4 is 12.3 Å². The van der Waals surface area contributed by atoms with Crippen LogP contribution in [-0.4, -0.2) is 51.9 Å². The molecule has 0 fully saturated rings. The molecule has 1 aromatic carbocycles. The third-order valence-corrected chi connectivity index (χ3v) is 3.07. The van der Waals surface area contributed by atoms with Gasteiger partial charge >= 0.3 is 5.97 Å². The van der Waals surface area contributed by atoms with Crippen LogP contribution in [0.15, 0.2) is 36.9 Å². The number of hydrogen-bond donors (Lipinski definition) is 0. The first-order chi connectivity index (χ1) is 11.7. The normalized spacial score (nSPS) is 11.5. The average molecular weight is 336 g/mol. The summed E-state index contributed by atoms with van der Waals surface area (Å²) >= 11 is 0. The molecule has 1 rings (SSSR count). The molecule has 0 heterocycles. The first-order valence-corrected chi connectivity index (χ1v) is 7.77. The largest absolute Gasteiger partial charge is 0.494 e. The van der Waals surface area contributed by atoms with Crippen molar-refractivity contribution in [3.8, 4) is 5.75 Å². The number of aldehydes is 1. The van der Waals surface area contributed by atoms with Gasteiger partial charge in [0.05, 0.1) is 19.8 Å². The molecule has 0 amide bonds. The van der Waals surface area contributed by atoms with Crippen LogP contribution in [-0.2, 0) is 19.0 Å². The lowest BCUT2D eigenvalue weighted by Crippen LogP contribution is -2.27. The molecule has 24 heavy (non-hydrogen) atoms. The van der Waals surface area contributed by atoms with E-state index in [4.69, 9.17) is 18.9 Å². The Labute approximate surface area is 142 Å². The van der Waals surface area contributed by atoms with Crippen molar-refractivity contribution in [2.75, 3.05) is 33.5 Å². The summed E-state index contributed by atoms with van der Waals surface area (Å²) in [5, 5.41) is 0. The zero-order valence-electron chi connectivity index (χ0n) is 13.9. The summed E-state index contributed by atoms with van der Waals surface area (Å²) in [6, 6.07) is 6.96. The van der Waals surface area contributed by atoms with Crippen molar-refractivity contribution in [3.63, 3.8) is 0 Å². The van der Waals surface area contributed by atoms with Crippen molar-refractivity contribution in [3.05, 3.63) is 42.5 Å². The third-order valence-electron chi connectivity index (χ3n) is 3.07. The summed E-state index contributed by atoms with van der Waals surface area (Å²) in [5.74, 6) is 0.243. The van der Waals surface area contributed by atoms with Crippen LogP contribution in [0.5, 0.6) is 5.75 Å². The summed E-state index contributed by atoms with van der Waals surface area (Å²) in [5.41, 5.74) is 0.624. The van der Waals surface area contributed by atoms with E-state index in [1.54, 1.807) is 24.3 Å². The third kappa shape index (κ3) is 8.45. The molecule has 6 heteroatoms. The molecule has 132 valence electrons. The Morgan fingerprint density at radius 2 is 1.88 bits per heavy atom. The minimum Gasteiger partial charge on any atom is -0.494 e. The molecule has 1 unspecified atom stereocenters. The van der Waals surface area contributed by atoms with E-state index < -0.39 is 12.1 Å². The van der Waals surface area contributed by atoms with Crippen molar-refractivity contribution in [1.82, 2.24) is 0 Å². The zero-order valence-corrected chi connectivity index (χ0v) is 13.9. The minimum atomic E-state index is -0.491. The Morgan fingerprint density at radius 1 is 1.17 bits per heavy atom. The topological polar surface area (TPSA) is 71.1 Å². The highest BCUT2D eigenvalue weighted by molar-refractivity contribution is 5.81. The molecule has 1 aromatic rings. The average Bonchev–Trinajstić information content (AvgIpc) is 2.61. The van der Waals surface area contributed by atoms with Gasteiger partial charge in [0.1, 0.15) is 18.1 Å². The quantitative estimate of drug-likeness (QED) is 0.238. The summed E-state index contributed by atoms with van der Waals surface area (Å²) in [4.78, 5) is 21.7. The molecule has 0 saturated heterocycles. The summed E-state index contributed by atoms with van der Waals surface area (Å²) in [7, 11) is 1.54. The first-order valence-electron chi connectivity index (χ1n) is 7.77. The van der Waals surface area contributed by atoms with Gasteiger partial charge in [-0.2, -0.15) is 0 Å². The number of ether oxygens (including phenoxy) is 4. The summed E-state index contributed by atoms with van der Waals surface area (Å²) in [6.45, 7) is 5.01. The van der Waals surface area contributed by atoms with Crippen molar-refractivity contribution in [2.45, 2.75) is 18.9 Å². The molecule has 0 aliphatic carbocycles. The van der Waals surface area contributed by atoms with E-state index in [2.05, 4.69) is 6.58 Å². The Hall–Kier alpha value is -2.18. The zero-order chi connectivity index (χ0) is 17.6. The Bertz CT molecular complexity index is 497. The van der Waals surface area contributed by atoms with Gasteiger partial charge in [0.2, 0.25) is 0 Å². The molecule has 1 atom stereocenters. The van der Waals surface area contributed by atoms with Gasteiger partial charge in [0.25, 0.3) is 0 Å². The lowest BCUT2D eigenvalue weighted by molar-refractivity contribution is -0.149. The molecule has 0 aromatic heterocycles.